The fourth-order valence-corrected chi connectivity index (χ4v) is 4.15. The molecule has 1 aromatic carbocycles. The highest BCUT2D eigenvalue weighted by molar-refractivity contribution is 8.14. The summed E-state index contributed by atoms with van der Waals surface area (Å²) in [5.41, 5.74) is 9.20. The van der Waals surface area contributed by atoms with Crippen LogP contribution in [0.2, 0.25) is 0 Å². The minimum absolute atomic E-state index is 0.219. The fraction of sp³-hybridized carbons (Fsp3) is 0.316. The first-order valence-electron chi connectivity index (χ1n) is 8.18. The summed E-state index contributed by atoms with van der Waals surface area (Å²) in [6.45, 7) is 8.09. The second kappa shape index (κ2) is 6.52. The molecule has 25 heavy (non-hydrogen) atoms. The number of benzene rings is 1. The molecular formula is C19H22N4OS. The van der Waals surface area contributed by atoms with Crippen molar-refractivity contribution in [2.45, 2.75) is 38.5 Å². The summed E-state index contributed by atoms with van der Waals surface area (Å²) in [4.78, 5) is 22.5. The van der Waals surface area contributed by atoms with Crippen molar-refractivity contribution in [3.63, 3.8) is 0 Å². The van der Waals surface area contributed by atoms with Crippen molar-refractivity contribution in [3.05, 3.63) is 48.3 Å². The second-order valence-corrected chi connectivity index (χ2v) is 7.97. The SMILES string of the molecule is Cc1ncccc1-c1ccc(N=C2SC(C)C(C)(C)N2C(N)=O)cc1. The predicted molar refractivity (Wildman–Crippen MR) is 104 cm³/mol. The first-order valence-corrected chi connectivity index (χ1v) is 9.05. The van der Waals surface area contributed by atoms with Crippen LogP contribution in [0.1, 0.15) is 26.5 Å². The third kappa shape index (κ3) is 3.26. The highest BCUT2D eigenvalue weighted by Crippen LogP contribution is 2.40. The molecule has 2 heterocycles. The van der Waals surface area contributed by atoms with Crippen LogP contribution in [0.3, 0.4) is 0 Å². The third-order valence-electron chi connectivity index (χ3n) is 4.68. The standard InChI is InChI=1S/C19H22N4OS/c1-12-16(6-5-11-21-12)14-7-9-15(10-8-14)22-18-23(17(20)24)19(3,4)13(2)25-18/h5-11,13H,1-4H3,(H2,20,24). The van der Waals surface area contributed by atoms with Crippen molar-refractivity contribution < 1.29 is 4.79 Å². The maximum absolute atomic E-state index is 11.9. The monoisotopic (exact) mass is 354 g/mol. The van der Waals surface area contributed by atoms with Crippen LogP contribution in [0.15, 0.2) is 47.6 Å². The Morgan fingerprint density at radius 3 is 2.56 bits per heavy atom. The Balaban J connectivity index is 1.92. The maximum Gasteiger partial charge on any atom is 0.321 e. The zero-order valence-electron chi connectivity index (χ0n) is 14.9. The molecule has 0 saturated carbocycles. The van der Waals surface area contributed by atoms with Crippen molar-refractivity contribution in [3.8, 4) is 11.1 Å². The molecular weight excluding hydrogens is 332 g/mol. The number of aromatic nitrogens is 1. The van der Waals surface area contributed by atoms with E-state index in [1.807, 2.05) is 51.1 Å². The quantitative estimate of drug-likeness (QED) is 0.872. The molecule has 0 radical (unpaired) electrons. The lowest BCUT2D eigenvalue weighted by atomic mass is 10.00. The largest absolute Gasteiger partial charge is 0.351 e. The molecule has 1 aliphatic heterocycles. The van der Waals surface area contributed by atoms with Crippen LogP contribution in [-0.2, 0) is 0 Å². The van der Waals surface area contributed by atoms with Gasteiger partial charge in [0.05, 0.1) is 11.2 Å². The van der Waals surface area contributed by atoms with Crippen molar-refractivity contribution in [1.29, 1.82) is 0 Å². The minimum atomic E-state index is -0.469. The number of amides is 2. The molecule has 0 aliphatic carbocycles. The van der Waals surface area contributed by atoms with E-state index in [1.165, 1.54) is 0 Å². The van der Waals surface area contributed by atoms with E-state index in [9.17, 15) is 4.79 Å². The van der Waals surface area contributed by atoms with Gasteiger partial charge < -0.3 is 5.73 Å². The van der Waals surface area contributed by atoms with Crippen LogP contribution in [-0.4, -0.2) is 31.9 Å². The number of carbonyl (C=O) groups is 1. The molecule has 0 spiro atoms. The number of nitrogens with two attached hydrogens (primary N) is 1. The Kier molecular flexibility index (Phi) is 4.56. The Hall–Kier alpha value is -2.34. The smallest absolute Gasteiger partial charge is 0.321 e. The molecule has 1 unspecified atom stereocenters. The lowest BCUT2D eigenvalue weighted by Crippen LogP contribution is -2.51. The van der Waals surface area contributed by atoms with E-state index in [0.717, 1.165) is 22.5 Å². The molecule has 2 amide bonds. The van der Waals surface area contributed by atoms with Gasteiger partial charge in [0, 0.05) is 22.7 Å². The van der Waals surface area contributed by atoms with Gasteiger partial charge in [-0.2, -0.15) is 0 Å². The average molecular weight is 354 g/mol. The van der Waals surface area contributed by atoms with Crippen LogP contribution >= 0.6 is 11.8 Å². The molecule has 1 saturated heterocycles. The van der Waals surface area contributed by atoms with Gasteiger partial charge in [0.15, 0.2) is 5.17 Å². The normalized spacial score (nSPS) is 20.9. The van der Waals surface area contributed by atoms with Crippen LogP contribution in [0, 0.1) is 6.92 Å². The topological polar surface area (TPSA) is 71.6 Å². The van der Waals surface area contributed by atoms with Gasteiger partial charge in [0.2, 0.25) is 0 Å². The summed E-state index contributed by atoms with van der Waals surface area (Å²) in [7, 11) is 0. The third-order valence-corrected chi connectivity index (χ3v) is 6.09. The molecule has 1 atom stereocenters. The predicted octanol–water partition coefficient (Wildman–Crippen LogP) is 4.34. The summed E-state index contributed by atoms with van der Waals surface area (Å²) in [6.07, 6.45) is 1.79. The number of aryl methyl sites for hydroxylation is 1. The van der Waals surface area contributed by atoms with E-state index in [1.54, 1.807) is 22.9 Å². The van der Waals surface area contributed by atoms with Gasteiger partial charge in [-0.25, -0.2) is 9.79 Å². The Morgan fingerprint density at radius 1 is 1.28 bits per heavy atom. The number of hydrogen-bond acceptors (Lipinski definition) is 4. The summed E-state index contributed by atoms with van der Waals surface area (Å²) in [6, 6.07) is 11.4. The number of aliphatic imine (C=N–C) groups is 1. The van der Waals surface area contributed by atoms with Crippen LogP contribution in [0.4, 0.5) is 10.5 Å². The first-order chi connectivity index (χ1) is 11.8. The highest BCUT2D eigenvalue weighted by atomic mass is 32.2. The van der Waals surface area contributed by atoms with Gasteiger partial charge in [-0.15, -0.1) is 0 Å². The van der Waals surface area contributed by atoms with Crippen LogP contribution < -0.4 is 5.73 Å². The van der Waals surface area contributed by atoms with Gasteiger partial charge in [-0.05, 0) is 44.5 Å². The lowest BCUT2D eigenvalue weighted by molar-refractivity contribution is 0.198. The number of nitrogens with zero attached hydrogens (tertiary/aromatic N) is 3. The van der Waals surface area contributed by atoms with Crippen molar-refractivity contribution in [2.24, 2.45) is 10.7 Å². The van der Waals surface area contributed by atoms with E-state index >= 15 is 0 Å². The number of rotatable bonds is 2. The summed E-state index contributed by atoms with van der Waals surface area (Å²) < 4.78 is 0. The van der Waals surface area contributed by atoms with E-state index in [0.29, 0.717) is 5.17 Å². The van der Waals surface area contributed by atoms with E-state index in [-0.39, 0.29) is 10.8 Å². The number of thioether (sulfide) groups is 1. The zero-order valence-corrected chi connectivity index (χ0v) is 15.7. The van der Waals surface area contributed by atoms with Gasteiger partial charge in [-0.1, -0.05) is 36.9 Å². The first kappa shape index (κ1) is 17.5. The van der Waals surface area contributed by atoms with Gasteiger partial charge in [0.1, 0.15) is 0 Å². The summed E-state index contributed by atoms with van der Waals surface area (Å²) >= 11 is 1.57. The molecule has 2 aromatic rings. The van der Waals surface area contributed by atoms with Gasteiger partial charge in [-0.3, -0.25) is 9.88 Å². The molecule has 0 bridgehead atoms. The van der Waals surface area contributed by atoms with Crippen molar-refractivity contribution >= 4 is 28.6 Å². The lowest BCUT2D eigenvalue weighted by Gasteiger charge is -2.31. The van der Waals surface area contributed by atoms with Gasteiger partial charge in [0.25, 0.3) is 0 Å². The minimum Gasteiger partial charge on any atom is -0.351 e. The summed E-state index contributed by atoms with van der Waals surface area (Å²) in [5.74, 6) is 0. The number of carbonyl (C=O) groups excluding carboxylic acids is 1. The zero-order chi connectivity index (χ0) is 18.2. The Labute approximate surface area is 152 Å². The number of amidine groups is 1. The molecule has 2 N–H and O–H groups in total. The molecule has 6 heteroatoms. The number of pyridine rings is 1. The molecule has 1 aliphatic rings. The van der Waals surface area contributed by atoms with Gasteiger partial charge >= 0.3 is 6.03 Å². The highest BCUT2D eigenvalue weighted by Gasteiger charge is 2.46. The molecule has 1 fully saturated rings. The van der Waals surface area contributed by atoms with Crippen LogP contribution in [0.5, 0.6) is 0 Å². The average Bonchev–Trinajstić information content (AvgIpc) is 2.77. The van der Waals surface area contributed by atoms with E-state index in [2.05, 4.69) is 23.0 Å². The Morgan fingerprint density at radius 2 is 1.96 bits per heavy atom. The fourth-order valence-electron chi connectivity index (χ4n) is 2.85. The van der Waals surface area contributed by atoms with Crippen molar-refractivity contribution in [1.82, 2.24) is 9.88 Å². The molecule has 5 nitrogen and oxygen atoms in total. The van der Waals surface area contributed by atoms with Crippen LogP contribution in [0.25, 0.3) is 11.1 Å². The molecule has 3 rings (SSSR count). The van der Waals surface area contributed by atoms with E-state index in [4.69, 9.17) is 5.73 Å². The molecule has 130 valence electrons. The van der Waals surface area contributed by atoms with E-state index < -0.39 is 6.03 Å². The molecule has 1 aromatic heterocycles. The maximum atomic E-state index is 11.9. The summed E-state index contributed by atoms with van der Waals surface area (Å²) in [5, 5.41) is 0.867. The number of primary amides is 1. The second-order valence-electron chi connectivity index (χ2n) is 6.67. The Bertz CT molecular complexity index is 830. The van der Waals surface area contributed by atoms with Crippen molar-refractivity contribution in [2.75, 3.05) is 0 Å². The number of hydrogen-bond donors (Lipinski definition) is 1. The number of urea groups is 1.